The van der Waals surface area contributed by atoms with Crippen molar-refractivity contribution in [3.8, 4) is 17.0 Å². The Hall–Kier alpha value is -2.46. The van der Waals surface area contributed by atoms with Gasteiger partial charge < -0.3 is 14.6 Å². The van der Waals surface area contributed by atoms with Crippen LogP contribution in [0.25, 0.3) is 11.3 Å². The predicted octanol–water partition coefficient (Wildman–Crippen LogP) is 4.75. The molecule has 0 amide bonds. The molecule has 0 fully saturated rings. The highest BCUT2D eigenvalue weighted by Gasteiger charge is 2.08. The second kappa shape index (κ2) is 7.41. The summed E-state index contributed by atoms with van der Waals surface area (Å²) in [6.07, 6.45) is 1.85. The molecular formula is C19H20ClN3O. The molecule has 2 aromatic carbocycles. The minimum atomic E-state index is 0.678. The predicted molar refractivity (Wildman–Crippen MR) is 98.6 cm³/mol. The fourth-order valence-corrected chi connectivity index (χ4v) is 2.73. The van der Waals surface area contributed by atoms with Crippen molar-refractivity contribution >= 4 is 17.5 Å². The summed E-state index contributed by atoms with van der Waals surface area (Å²) in [5.74, 6) is 1.71. The Morgan fingerprint density at radius 1 is 1.17 bits per heavy atom. The molecule has 124 valence electrons. The zero-order valence-corrected chi connectivity index (χ0v) is 14.5. The largest absolute Gasteiger partial charge is 0.494 e. The summed E-state index contributed by atoms with van der Waals surface area (Å²) >= 11 is 6.07. The molecule has 0 aliphatic carbocycles. The van der Waals surface area contributed by atoms with Crippen LogP contribution in [0.15, 0.2) is 54.7 Å². The summed E-state index contributed by atoms with van der Waals surface area (Å²) in [5, 5.41) is 4.08. The summed E-state index contributed by atoms with van der Waals surface area (Å²) in [4.78, 5) is 4.47. The normalized spacial score (nSPS) is 10.6. The van der Waals surface area contributed by atoms with Gasteiger partial charge in [-0.3, -0.25) is 0 Å². The average molecular weight is 342 g/mol. The molecule has 0 radical (unpaired) electrons. The van der Waals surface area contributed by atoms with E-state index in [-0.39, 0.29) is 0 Å². The van der Waals surface area contributed by atoms with Gasteiger partial charge in [-0.2, -0.15) is 0 Å². The van der Waals surface area contributed by atoms with E-state index in [0.29, 0.717) is 13.2 Å². The van der Waals surface area contributed by atoms with E-state index in [1.165, 1.54) is 5.56 Å². The monoisotopic (exact) mass is 341 g/mol. The maximum atomic E-state index is 6.07. The van der Waals surface area contributed by atoms with Crippen molar-refractivity contribution in [3.05, 3.63) is 65.3 Å². The Bertz CT molecular complexity index is 812. The lowest BCUT2D eigenvalue weighted by molar-refractivity contribution is 0.340. The van der Waals surface area contributed by atoms with Crippen LogP contribution in [-0.2, 0) is 13.6 Å². The summed E-state index contributed by atoms with van der Waals surface area (Å²) in [6, 6.07) is 15.8. The lowest BCUT2D eigenvalue weighted by atomic mass is 10.2. The quantitative estimate of drug-likeness (QED) is 0.703. The fraction of sp³-hybridized carbons (Fsp3) is 0.211. The van der Waals surface area contributed by atoms with Crippen molar-refractivity contribution in [2.24, 2.45) is 7.05 Å². The molecule has 3 aromatic rings. The van der Waals surface area contributed by atoms with Crippen LogP contribution < -0.4 is 10.1 Å². The first-order chi connectivity index (χ1) is 11.7. The van der Waals surface area contributed by atoms with E-state index < -0.39 is 0 Å². The second-order valence-corrected chi connectivity index (χ2v) is 5.90. The van der Waals surface area contributed by atoms with Crippen LogP contribution in [0, 0.1) is 0 Å². The highest BCUT2D eigenvalue weighted by Crippen LogP contribution is 2.24. The number of anilines is 1. The number of halogens is 1. The van der Waals surface area contributed by atoms with E-state index in [4.69, 9.17) is 16.3 Å². The van der Waals surface area contributed by atoms with Crippen LogP contribution in [0.1, 0.15) is 12.5 Å². The second-order valence-electron chi connectivity index (χ2n) is 5.47. The van der Waals surface area contributed by atoms with E-state index in [1.54, 1.807) is 0 Å². The third-order valence-electron chi connectivity index (χ3n) is 3.79. The number of rotatable bonds is 6. The number of ether oxygens (including phenoxy) is 1. The van der Waals surface area contributed by atoms with Crippen molar-refractivity contribution < 1.29 is 4.74 Å². The molecule has 4 nitrogen and oxygen atoms in total. The van der Waals surface area contributed by atoms with Crippen molar-refractivity contribution in [2.45, 2.75) is 13.5 Å². The minimum Gasteiger partial charge on any atom is -0.494 e. The van der Waals surface area contributed by atoms with Gasteiger partial charge in [0.05, 0.1) is 18.5 Å². The molecule has 0 saturated carbocycles. The molecule has 24 heavy (non-hydrogen) atoms. The Morgan fingerprint density at radius 2 is 1.96 bits per heavy atom. The number of imidazole rings is 1. The third kappa shape index (κ3) is 3.71. The fourth-order valence-electron chi connectivity index (χ4n) is 2.54. The van der Waals surface area contributed by atoms with Gasteiger partial charge in [0.1, 0.15) is 5.75 Å². The zero-order chi connectivity index (χ0) is 16.9. The maximum Gasteiger partial charge on any atom is 0.203 e. The van der Waals surface area contributed by atoms with Gasteiger partial charge >= 0.3 is 0 Å². The lowest BCUT2D eigenvalue weighted by Crippen LogP contribution is -2.05. The zero-order valence-electron chi connectivity index (χ0n) is 13.8. The molecule has 0 aliphatic heterocycles. The molecule has 1 N–H and O–H groups in total. The van der Waals surface area contributed by atoms with Crippen molar-refractivity contribution in [2.75, 3.05) is 11.9 Å². The summed E-state index contributed by atoms with van der Waals surface area (Å²) in [5.41, 5.74) is 3.24. The molecule has 0 atom stereocenters. The number of hydrogen-bond donors (Lipinski definition) is 1. The van der Waals surface area contributed by atoms with Gasteiger partial charge in [0.2, 0.25) is 5.95 Å². The van der Waals surface area contributed by atoms with E-state index in [1.807, 2.05) is 61.1 Å². The topological polar surface area (TPSA) is 39.1 Å². The first-order valence-corrected chi connectivity index (χ1v) is 8.28. The molecule has 0 spiro atoms. The number of nitrogens with one attached hydrogen (secondary N) is 1. The van der Waals surface area contributed by atoms with E-state index >= 15 is 0 Å². The molecule has 0 saturated heterocycles. The summed E-state index contributed by atoms with van der Waals surface area (Å²) in [7, 11) is 1.99. The molecule has 0 bridgehead atoms. The van der Waals surface area contributed by atoms with Gasteiger partial charge in [-0.05, 0) is 36.8 Å². The number of benzene rings is 2. The highest BCUT2D eigenvalue weighted by molar-refractivity contribution is 6.30. The summed E-state index contributed by atoms with van der Waals surface area (Å²) in [6.45, 7) is 3.36. The third-order valence-corrected chi connectivity index (χ3v) is 4.03. The number of nitrogens with zero attached hydrogens (tertiary/aromatic N) is 2. The molecule has 1 aromatic heterocycles. The minimum absolute atomic E-state index is 0.678. The van der Waals surface area contributed by atoms with Crippen molar-refractivity contribution in [3.63, 3.8) is 0 Å². The van der Waals surface area contributed by atoms with Crippen LogP contribution in [-0.4, -0.2) is 16.2 Å². The van der Waals surface area contributed by atoms with Crippen LogP contribution in [0.2, 0.25) is 5.02 Å². The van der Waals surface area contributed by atoms with E-state index in [9.17, 15) is 0 Å². The SMILES string of the molecule is CCOc1ccc(CNc2ncc(-c3cccc(Cl)c3)n2C)cc1. The Morgan fingerprint density at radius 3 is 2.67 bits per heavy atom. The van der Waals surface area contributed by atoms with Gasteiger partial charge in [0, 0.05) is 24.2 Å². The first-order valence-electron chi connectivity index (χ1n) is 7.90. The Balaban J connectivity index is 1.70. The average Bonchev–Trinajstić information content (AvgIpc) is 2.95. The molecule has 1 heterocycles. The maximum absolute atomic E-state index is 6.07. The van der Waals surface area contributed by atoms with Crippen LogP contribution >= 0.6 is 11.6 Å². The molecule has 3 rings (SSSR count). The van der Waals surface area contributed by atoms with Crippen molar-refractivity contribution in [1.29, 1.82) is 0 Å². The van der Waals surface area contributed by atoms with E-state index in [2.05, 4.69) is 22.4 Å². The lowest BCUT2D eigenvalue weighted by Gasteiger charge is -2.09. The van der Waals surface area contributed by atoms with Crippen molar-refractivity contribution in [1.82, 2.24) is 9.55 Å². The standard InChI is InChI=1S/C19H20ClN3O/c1-3-24-17-9-7-14(8-10-17)12-21-19-22-13-18(23(19)2)15-5-4-6-16(20)11-15/h4-11,13H,3,12H2,1-2H3,(H,21,22). The van der Waals surface area contributed by atoms with Crippen LogP contribution in [0.5, 0.6) is 5.75 Å². The first kappa shape index (κ1) is 16.4. The molecular weight excluding hydrogens is 322 g/mol. The van der Waals surface area contributed by atoms with Gasteiger partial charge in [-0.15, -0.1) is 0 Å². The number of aromatic nitrogens is 2. The molecule has 0 aliphatic rings. The Kier molecular flexibility index (Phi) is 5.06. The number of hydrogen-bond acceptors (Lipinski definition) is 3. The van der Waals surface area contributed by atoms with Gasteiger partial charge in [0.25, 0.3) is 0 Å². The van der Waals surface area contributed by atoms with Gasteiger partial charge in [-0.1, -0.05) is 35.9 Å². The smallest absolute Gasteiger partial charge is 0.203 e. The molecule has 5 heteroatoms. The van der Waals surface area contributed by atoms with Crippen LogP contribution in [0.4, 0.5) is 5.95 Å². The van der Waals surface area contributed by atoms with Gasteiger partial charge in [-0.25, -0.2) is 4.98 Å². The van der Waals surface area contributed by atoms with E-state index in [0.717, 1.165) is 28.0 Å². The summed E-state index contributed by atoms with van der Waals surface area (Å²) < 4.78 is 7.49. The van der Waals surface area contributed by atoms with Crippen LogP contribution in [0.3, 0.4) is 0 Å². The Labute approximate surface area is 147 Å². The van der Waals surface area contributed by atoms with Gasteiger partial charge in [0.15, 0.2) is 0 Å². The molecule has 0 unspecified atom stereocenters. The highest BCUT2D eigenvalue weighted by atomic mass is 35.5.